The number of carbonyl (C=O) groups excluding carboxylic acids is 2. The number of nitro groups is 1. The van der Waals surface area contributed by atoms with E-state index in [0.717, 1.165) is 9.87 Å². The Morgan fingerprint density at radius 2 is 1.46 bits per heavy atom. The molecule has 0 heterocycles. The number of carbonyl (C=O) groups is 2. The minimum atomic E-state index is -4.32. The van der Waals surface area contributed by atoms with E-state index in [2.05, 4.69) is 5.32 Å². The average Bonchev–Trinajstić information content (AvgIpc) is 3.06. The highest BCUT2D eigenvalue weighted by Crippen LogP contribution is 2.27. The summed E-state index contributed by atoms with van der Waals surface area (Å²) in [6.45, 7) is 3.11. The Balaban J connectivity index is 1.81. The van der Waals surface area contributed by atoms with Crippen LogP contribution in [0.1, 0.15) is 31.4 Å². The Morgan fingerprint density at radius 3 is 2.02 bits per heavy atom. The fourth-order valence-corrected chi connectivity index (χ4v) is 6.33. The highest BCUT2D eigenvalue weighted by Gasteiger charge is 2.35. The lowest BCUT2D eigenvalue weighted by molar-refractivity contribution is -0.384. The molecular formula is C34H35ClN4O6S. The van der Waals surface area contributed by atoms with E-state index in [9.17, 15) is 28.1 Å². The number of nitrogens with zero attached hydrogens (tertiary/aromatic N) is 3. The average molecular weight is 663 g/mol. The number of benzene rings is 4. The van der Waals surface area contributed by atoms with Crippen LogP contribution in [0, 0.1) is 10.1 Å². The monoisotopic (exact) mass is 662 g/mol. The first-order chi connectivity index (χ1) is 22.0. The van der Waals surface area contributed by atoms with Gasteiger partial charge in [0.15, 0.2) is 0 Å². The number of amides is 2. The van der Waals surface area contributed by atoms with E-state index in [1.807, 2.05) is 44.2 Å². The fourth-order valence-electron chi connectivity index (χ4n) is 4.77. The maximum Gasteiger partial charge on any atom is 0.269 e. The second kappa shape index (κ2) is 15.5. The molecule has 0 aromatic heterocycles. The second-order valence-electron chi connectivity index (χ2n) is 10.8. The highest BCUT2D eigenvalue weighted by atomic mass is 35.5. The molecule has 0 spiro atoms. The van der Waals surface area contributed by atoms with Crippen LogP contribution in [0.3, 0.4) is 0 Å². The molecule has 10 nitrogen and oxygen atoms in total. The summed E-state index contributed by atoms with van der Waals surface area (Å²) < 4.78 is 28.9. The van der Waals surface area contributed by atoms with Crippen LogP contribution in [0.15, 0.2) is 114 Å². The second-order valence-corrected chi connectivity index (χ2v) is 13.1. The third-order valence-corrected chi connectivity index (χ3v) is 9.54. The van der Waals surface area contributed by atoms with Gasteiger partial charge < -0.3 is 10.2 Å². The van der Waals surface area contributed by atoms with Crippen molar-refractivity contribution < 1.29 is 22.9 Å². The van der Waals surface area contributed by atoms with Crippen LogP contribution in [0.2, 0.25) is 5.02 Å². The molecule has 0 aliphatic heterocycles. The molecule has 4 aromatic rings. The van der Waals surface area contributed by atoms with Crippen LogP contribution in [-0.2, 0) is 32.6 Å². The number of nitro benzene ring substituents is 1. The summed E-state index contributed by atoms with van der Waals surface area (Å²) in [5.74, 6) is -1.03. The topological polar surface area (TPSA) is 130 Å². The van der Waals surface area contributed by atoms with Gasteiger partial charge in [0.25, 0.3) is 15.7 Å². The van der Waals surface area contributed by atoms with E-state index in [-0.39, 0.29) is 41.2 Å². The first kappa shape index (κ1) is 34.1. The molecule has 2 amide bonds. The number of nitrogens with one attached hydrogen (secondary N) is 1. The first-order valence-electron chi connectivity index (χ1n) is 14.7. The molecular weight excluding hydrogens is 628 g/mol. The molecule has 2 atom stereocenters. The van der Waals surface area contributed by atoms with E-state index >= 15 is 0 Å². The van der Waals surface area contributed by atoms with Crippen LogP contribution < -0.4 is 9.62 Å². The van der Waals surface area contributed by atoms with E-state index < -0.39 is 33.4 Å². The number of hydrogen-bond acceptors (Lipinski definition) is 6. The lowest BCUT2D eigenvalue weighted by atomic mass is 10.0. The van der Waals surface area contributed by atoms with Gasteiger partial charge in [-0.25, -0.2) is 8.42 Å². The predicted octanol–water partition coefficient (Wildman–Crippen LogP) is 6.00. The van der Waals surface area contributed by atoms with Gasteiger partial charge in [-0.3, -0.25) is 24.0 Å². The van der Waals surface area contributed by atoms with Crippen molar-refractivity contribution in [3.05, 3.63) is 135 Å². The molecule has 4 aromatic carbocycles. The van der Waals surface area contributed by atoms with Gasteiger partial charge in [0.05, 0.1) is 15.5 Å². The number of halogens is 1. The maximum atomic E-state index is 14.4. The molecule has 0 saturated heterocycles. The first-order valence-corrected chi connectivity index (χ1v) is 16.5. The number of sulfonamides is 1. The van der Waals surface area contributed by atoms with Crippen molar-refractivity contribution in [1.82, 2.24) is 10.2 Å². The molecule has 0 aliphatic carbocycles. The zero-order valence-corrected chi connectivity index (χ0v) is 27.0. The SMILES string of the molecule is CCC(C)NC(=O)C(Cc1ccccc1)N(Cc1ccc(Cl)cc1)C(=O)CN(c1ccc([N+](=O)[O-])cc1)S(=O)(=O)c1ccccc1. The molecule has 0 fully saturated rings. The van der Waals surface area contributed by atoms with Gasteiger partial charge in [0.1, 0.15) is 12.6 Å². The van der Waals surface area contributed by atoms with E-state index in [1.54, 1.807) is 42.5 Å². The number of hydrogen-bond donors (Lipinski definition) is 1. The molecule has 46 heavy (non-hydrogen) atoms. The normalized spacial score (nSPS) is 12.5. The van der Waals surface area contributed by atoms with Crippen molar-refractivity contribution in [2.45, 2.75) is 50.2 Å². The van der Waals surface area contributed by atoms with Crippen molar-refractivity contribution in [2.75, 3.05) is 10.8 Å². The summed E-state index contributed by atoms with van der Waals surface area (Å²) in [4.78, 5) is 40.3. The third kappa shape index (κ3) is 8.70. The lowest BCUT2D eigenvalue weighted by Crippen LogP contribution is -2.54. The fraction of sp³-hybridized carbons (Fsp3) is 0.235. The van der Waals surface area contributed by atoms with Gasteiger partial charge in [0, 0.05) is 36.2 Å². The lowest BCUT2D eigenvalue weighted by Gasteiger charge is -2.34. The van der Waals surface area contributed by atoms with Gasteiger partial charge in [-0.05, 0) is 60.9 Å². The quantitative estimate of drug-likeness (QED) is 0.130. The number of non-ortho nitro benzene ring substituents is 1. The Morgan fingerprint density at radius 1 is 0.870 bits per heavy atom. The molecule has 4 rings (SSSR count). The predicted molar refractivity (Wildman–Crippen MR) is 178 cm³/mol. The standard InChI is InChI=1S/C34H35ClN4O6S/c1-3-25(2)36-34(41)32(22-26-10-6-4-7-11-26)37(23-27-14-16-28(35)17-15-27)33(40)24-38(29-18-20-30(21-19-29)39(42)43)46(44,45)31-12-8-5-9-13-31/h4-21,25,32H,3,22-24H2,1-2H3,(H,36,41). The van der Waals surface area contributed by atoms with Crippen LogP contribution in [0.25, 0.3) is 0 Å². The molecule has 2 unspecified atom stereocenters. The van der Waals surface area contributed by atoms with Gasteiger partial charge in [-0.15, -0.1) is 0 Å². The van der Waals surface area contributed by atoms with Crippen LogP contribution in [0.4, 0.5) is 11.4 Å². The molecule has 1 N–H and O–H groups in total. The molecule has 0 saturated carbocycles. The van der Waals surface area contributed by atoms with Gasteiger partial charge in [-0.1, -0.05) is 79.2 Å². The van der Waals surface area contributed by atoms with Crippen LogP contribution in [-0.4, -0.2) is 48.7 Å². The van der Waals surface area contributed by atoms with Crippen LogP contribution in [0.5, 0.6) is 0 Å². The van der Waals surface area contributed by atoms with Gasteiger partial charge >= 0.3 is 0 Å². The van der Waals surface area contributed by atoms with E-state index in [4.69, 9.17) is 11.6 Å². The zero-order valence-electron chi connectivity index (χ0n) is 25.5. The van der Waals surface area contributed by atoms with E-state index in [1.165, 1.54) is 41.3 Å². The highest BCUT2D eigenvalue weighted by molar-refractivity contribution is 7.92. The minimum Gasteiger partial charge on any atom is -0.352 e. The summed E-state index contributed by atoms with van der Waals surface area (Å²) in [7, 11) is -4.32. The molecule has 0 radical (unpaired) electrons. The van der Waals surface area contributed by atoms with Crippen molar-refractivity contribution in [3.63, 3.8) is 0 Å². The maximum absolute atomic E-state index is 14.4. The third-order valence-electron chi connectivity index (χ3n) is 7.50. The molecule has 240 valence electrons. The Kier molecular flexibility index (Phi) is 11.5. The van der Waals surface area contributed by atoms with E-state index in [0.29, 0.717) is 17.0 Å². The Bertz CT molecular complexity index is 1740. The smallest absolute Gasteiger partial charge is 0.269 e. The Hall–Kier alpha value is -4.74. The summed E-state index contributed by atoms with van der Waals surface area (Å²) in [6, 6.07) is 27.4. The number of rotatable bonds is 14. The van der Waals surface area contributed by atoms with Crippen molar-refractivity contribution >= 4 is 44.8 Å². The Labute approximate surface area is 273 Å². The largest absolute Gasteiger partial charge is 0.352 e. The molecule has 0 bridgehead atoms. The molecule has 12 heteroatoms. The van der Waals surface area contributed by atoms with Gasteiger partial charge in [-0.2, -0.15) is 0 Å². The molecule has 0 aliphatic rings. The van der Waals surface area contributed by atoms with Crippen molar-refractivity contribution in [2.24, 2.45) is 0 Å². The van der Waals surface area contributed by atoms with Gasteiger partial charge in [0.2, 0.25) is 11.8 Å². The van der Waals surface area contributed by atoms with Crippen molar-refractivity contribution in [3.8, 4) is 0 Å². The van der Waals surface area contributed by atoms with Crippen LogP contribution >= 0.6 is 11.6 Å². The van der Waals surface area contributed by atoms with Crippen molar-refractivity contribution in [1.29, 1.82) is 0 Å². The summed E-state index contributed by atoms with van der Waals surface area (Å²) in [5, 5.41) is 14.8. The minimum absolute atomic E-state index is 0.0130. The summed E-state index contributed by atoms with van der Waals surface area (Å²) >= 11 is 6.12. The zero-order chi connectivity index (χ0) is 33.3. The summed E-state index contributed by atoms with van der Waals surface area (Å²) in [6.07, 6.45) is 0.837. The number of anilines is 1. The summed E-state index contributed by atoms with van der Waals surface area (Å²) in [5.41, 5.74) is 1.31.